The Balaban J connectivity index is 2.15. The minimum absolute atomic E-state index is 0.0205. The topological polar surface area (TPSA) is 79.4 Å². The van der Waals surface area contributed by atoms with Gasteiger partial charge in [-0.1, -0.05) is 0 Å². The Morgan fingerprint density at radius 1 is 1.44 bits per heavy atom. The van der Waals surface area contributed by atoms with Crippen molar-refractivity contribution in [1.29, 1.82) is 0 Å². The molecule has 0 radical (unpaired) electrons. The van der Waals surface area contributed by atoms with E-state index in [1.165, 1.54) is 6.33 Å². The maximum absolute atomic E-state index is 5.76. The van der Waals surface area contributed by atoms with E-state index in [1.54, 1.807) is 0 Å². The highest BCUT2D eigenvalue weighted by atomic mass is 35.5. The predicted octanol–water partition coefficient (Wildman–Crippen LogP) is 1.73. The Labute approximate surface area is 97.5 Å². The lowest BCUT2D eigenvalue weighted by Crippen LogP contribution is -2.10. The second kappa shape index (κ2) is 4.44. The molecule has 2 rings (SSSR count). The molecule has 0 bridgehead atoms. The number of aryl methyl sites for hydroxylation is 1. The van der Waals surface area contributed by atoms with Gasteiger partial charge in [0.15, 0.2) is 0 Å². The molecule has 0 aliphatic rings. The number of aromatic amines is 1. The van der Waals surface area contributed by atoms with Gasteiger partial charge in [-0.25, -0.2) is 15.0 Å². The Hall–Kier alpha value is -1.69. The number of aromatic nitrogens is 5. The van der Waals surface area contributed by atoms with Gasteiger partial charge < -0.3 is 5.32 Å². The van der Waals surface area contributed by atoms with Crippen LogP contribution in [0, 0.1) is 6.92 Å². The lowest BCUT2D eigenvalue weighted by Gasteiger charge is -2.11. The molecule has 84 valence electrons. The van der Waals surface area contributed by atoms with Crippen LogP contribution >= 0.6 is 11.6 Å². The molecule has 2 aromatic rings. The number of rotatable bonds is 3. The number of nitrogens with zero attached hydrogens (tertiary/aromatic N) is 4. The third-order valence-corrected chi connectivity index (χ3v) is 2.20. The fourth-order valence-electron chi connectivity index (χ4n) is 1.32. The Bertz CT molecular complexity index is 449. The van der Waals surface area contributed by atoms with E-state index in [1.807, 2.05) is 19.9 Å². The van der Waals surface area contributed by atoms with Crippen molar-refractivity contribution in [2.24, 2.45) is 0 Å². The van der Waals surface area contributed by atoms with Crippen molar-refractivity contribution in [1.82, 2.24) is 25.1 Å². The minimum atomic E-state index is -0.0205. The molecule has 0 amide bonds. The molecule has 6 nitrogen and oxygen atoms in total. The van der Waals surface area contributed by atoms with Crippen LogP contribution in [0.3, 0.4) is 0 Å². The third-order valence-electron chi connectivity index (χ3n) is 2.04. The van der Waals surface area contributed by atoms with Crippen LogP contribution in [0.4, 0.5) is 5.82 Å². The molecule has 0 aromatic carbocycles. The zero-order valence-corrected chi connectivity index (χ0v) is 9.65. The summed E-state index contributed by atoms with van der Waals surface area (Å²) in [5, 5.41) is 9.96. The number of halogens is 1. The summed E-state index contributed by atoms with van der Waals surface area (Å²) in [5.41, 5.74) is 0.812. The van der Waals surface area contributed by atoms with Crippen molar-refractivity contribution in [2.75, 3.05) is 5.32 Å². The molecule has 0 saturated heterocycles. The molecule has 1 atom stereocenters. The standard InChI is InChI=1S/C9H11ClN6/c1-5-3-7(15-9(10)13-5)14-6(2)8-11-4-12-16-8/h3-4,6H,1-2H3,(H,11,12,16)(H,13,14,15). The van der Waals surface area contributed by atoms with Crippen LogP contribution < -0.4 is 5.32 Å². The van der Waals surface area contributed by atoms with Crippen molar-refractivity contribution in [3.05, 3.63) is 29.2 Å². The highest BCUT2D eigenvalue weighted by Gasteiger charge is 2.09. The molecule has 1 unspecified atom stereocenters. The van der Waals surface area contributed by atoms with Gasteiger partial charge in [0.05, 0.1) is 6.04 Å². The van der Waals surface area contributed by atoms with E-state index < -0.39 is 0 Å². The van der Waals surface area contributed by atoms with Gasteiger partial charge in [-0.05, 0) is 25.4 Å². The zero-order chi connectivity index (χ0) is 11.5. The molecule has 16 heavy (non-hydrogen) atoms. The van der Waals surface area contributed by atoms with Crippen LogP contribution in [0.5, 0.6) is 0 Å². The van der Waals surface area contributed by atoms with Gasteiger partial charge >= 0.3 is 0 Å². The summed E-state index contributed by atoms with van der Waals surface area (Å²) in [6, 6.07) is 1.80. The quantitative estimate of drug-likeness (QED) is 0.796. The van der Waals surface area contributed by atoms with Gasteiger partial charge in [0.25, 0.3) is 0 Å². The first-order chi connectivity index (χ1) is 7.65. The van der Waals surface area contributed by atoms with Crippen LogP contribution in [0.1, 0.15) is 24.5 Å². The fourth-order valence-corrected chi connectivity index (χ4v) is 1.54. The fraction of sp³-hybridized carbons (Fsp3) is 0.333. The molecule has 2 aromatic heterocycles. The molecule has 0 saturated carbocycles. The lowest BCUT2D eigenvalue weighted by molar-refractivity contribution is 0.788. The van der Waals surface area contributed by atoms with Crippen LogP contribution in [-0.2, 0) is 0 Å². The van der Waals surface area contributed by atoms with Gasteiger partial charge in [-0.15, -0.1) is 0 Å². The summed E-state index contributed by atoms with van der Waals surface area (Å²) in [7, 11) is 0. The van der Waals surface area contributed by atoms with Gasteiger partial charge in [0.2, 0.25) is 5.28 Å². The predicted molar refractivity (Wildman–Crippen MR) is 60.2 cm³/mol. The molecule has 2 N–H and O–H groups in total. The van der Waals surface area contributed by atoms with Crippen LogP contribution in [0.15, 0.2) is 12.4 Å². The first-order valence-electron chi connectivity index (χ1n) is 4.78. The number of H-pyrrole nitrogens is 1. The van der Waals surface area contributed by atoms with E-state index in [9.17, 15) is 0 Å². The van der Waals surface area contributed by atoms with Crippen LogP contribution in [0.2, 0.25) is 5.28 Å². The molecular weight excluding hydrogens is 228 g/mol. The highest BCUT2D eigenvalue weighted by Crippen LogP contribution is 2.15. The largest absolute Gasteiger partial charge is 0.360 e. The van der Waals surface area contributed by atoms with Crippen molar-refractivity contribution >= 4 is 17.4 Å². The second-order valence-corrected chi connectivity index (χ2v) is 3.74. The molecule has 7 heteroatoms. The molecule has 0 spiro atoms. The van der Waals surface area contributed by atoms with Gasteiger partial charge in [0, 0.05) is 11.8 Å². The highest BCUT2D eigenvalue weighted by molar-refractivity contribution is 6.28. The monoisotopic (exact) mass is 238 g/mol. The minimum Gasteiger partial charge on any atom is -0.360 e. The maximum Gasteiger partial charge on any atom is 0.224 e. The van der Waals surface area contributed by atoms with E-state index >= 15 is 0 Å². The second-order valence-electron chi connectivity index (χ2n) is 3.40. The van der Waals surface area contributed by atoms with E-state index in [4.69, 9.17) is 11.6 Å². The maximum atomic E-state index is 5.76. The summed E-state index contributed by atoms with van der Waals surface area (Å²) in [6.45, 7) is 3.81. The van der Waals surface area contributed by atoms with Crippen molar-refractivity contribution < 1.29 is 0 Å². The number of nitrogens with one attached hydrogen (secondary N) is 2. The summed E-state index contributed by atoms with van der Waals surface area (Å²) in [4.78, 5) is 12.1. The average molecular weight is 239 g/mol. The molecule has 0 fully saturated rings. The van der Waals surface area contributed by atoms with Gasteiger partial charge in [-0.2, -0.15) is 5.10 Å². The van der Waals surface area contributed by atoms with Gasteiger partial charge in [0.1, 0.15) is 18.0 Å². The Morgan fingerprint density at radius 2 is 2.25 bits per heavy atom. The number of hydrogen-bond donors (Lipinski definition) is 2. The number of hydrogen-bond acceptors (Lipinski definition) is 5. The van der Waals surface area contributed by atoms with E-state index in [0.717, 1.165) is 11.5 Å². The third kappa shape index (κ3) is 2.46. The van der Waals surface area contributed by atoms with Crippen molar-refractivity contribution in [2.45, 2.75) is 19.9 Å². The van der Waals surface area contributed by atoms with E-state index in [2.05, 4.69) is 30.5 Å². The smallest absolute Gasteiger partial charge is 0.224 e. The van der Waals surface area contributed by atoms with Crippen molar-refractivity contribution in [3.63, 3.8) is 0 Å². The molecular formula is C9H11ClN6. The summed E-state index contributed by atoms with van der Waals surface area (Å²) in [5.74, 6) is 1.41. The van der Waals surface area contributed by atoms with Crippen molar-refractivity contribution in [3.8, 4) is 0 Å². The summed E-state index contributed by atoms with van der Waals surface area (Å²) < 4.78 is 0. The van der Waals surface area contributed by atoms with Crippen LogP contribution in [-0.4, -0.2) is 25.1 Å². The van der Waals surface area contributed by atoms with E-state index in [0.29, 0.717) is 5.82 Å². The SMILES string of the molecule is Cc1cc(NC(C)c2ncn[nH]2)nc(Cl)n1. The van der Waals surface area contributed by atoms with Crippen LogP contribution in [0.25, 0.3) is 0 Å². The lowest BCUT2D eigenvalue weighted by atomic mass is 10.3. The van der Waals surface area contributed by atoms with E-state index in [-0.39, 0.29) is 11.3 Å². The average Bonchev–Trinajstić information content (AvgIpc) is 2.68. The molecule has 0 aliphatic heterocycles. The molecule has 0 aliphatic carbocycles. The first-order valence-corrected chi connectivity index (χ1v) is 5.16. The Morgan fingerprint density at radius 3 is 2.88 bits per heavy atom. The summed E-state index contributed by atoms with van der Waals surface area (Å²) >= 11 is 5.76. The Kier molecular flexibility index (Phi) is 3.00. The first kappa shape index (κ1) is 10.8. The van der Waals surface area contributed by atoms with Gasteiger partial charge in [-0.3, -0.25) is 5.10 Å². The zero-order valence-electron chi connectivity index (χ0n) is 8.90. The molecule has 2 heterocycles. The normalized spacial score (nSPS) is 12.4. The number of anilines is 1. The summed E-state index contributed by atoms with van der Waals surface area (Å²) in [6.07, 6.45) is 1.46.